The van der Waals surface area contributed by atoms with Crippen molar-refractivity contribution >= 4 is 46.4 Å². The molecule has 8 heteroatoms. The first-order valence-electron chi connectivity index (χ1n) is 7.94. The van der Waals surface area contributed by atoms with Crippen molar-refractivity contribution in [1.82, 2.24) is 20.3 Å². The zero-order valence-corrected chi connectivity index (χ0v) is 15.2. The number of alkyl carbamates (subject to hydrolysis) is 1. The van der Waals surface area contributed by atoms with Gasteiger partial charge in [-0.25, -0.2) is 9.78 Å². The van der Waals surface area contributed by atoms with Crippen molar-refractivity contribution in [1.29, 1.82) is 0 Å². The fourth-order valence-corrected chi connectivity index (χ4v) is 2.85. The summed E-state index contributed by atoms with van der Waals surface area (Å²) in [5.41, 5.74) is 2.38. The van der Waals surface area contributed by atoms with Gasteiger partial charge >= 0.3 is 6.09 Å². The SMILES string of the molecule is O=C(NCCC=Cc1c[nH]c2nc(Cl)nc(Cl)c12)OCc1ccccc1. The number of nitrogens with one attached hydrogen (secondary N) is 2. The lowest BCUT2D eigenvalue weighted by atomic mass is 10.2. The van der Waals surface area contributed by atoms with Gasteiger partial charge in [0.1, 0.15) is 17.4 Å². The molecule has 0 aliphatic carbocycles. The molecule has 0 saturated carbocycles. The van der Waals surface area contributed by atoms with Crippen LogP contribution in [0, 0.1) is 0 Å². The lowest BCUT2D eigenvalue weighted by Gasteiger charge is -2.05. The van der Waals surface area contributed by atoms with Gasteiger partial charge in [-0.2, -0.15) is 4.98 Å². The summed E-state index contributed by atoms with van der Waals surface area (Å²) in [7, 11) is 0. The topological polar surface area (TPSA) is 79.9 Å². The van der Waals surface area contributed by atoms with Crippen LogP contribution in [-0.2, 0) is 11.3 Å². The number of H-pyrrole nitrogens is 1. The number of rotatable bonds is 6. The van der Waals surface area contributed by atoms with Crippen LogP contribution in [0.5, 0.6) is 0 Å². The molecule has 1 amide bonds. The maximum Gasteiger partial charge on any atom is 0.407 e. The van der Waals surface area contributed by atoms with Crippen molar-refractivity contribution in [2.75, 3.05) is 6.54 Å². The molecule has 0 fully saturated rings. The van der Waals surface area contributed by atoms with Gasteiger partial charge in [-0.05, 0) is 23.6 Å². The van der Waals surface area contributed by atoms with E-state index >= 15 is 0 Å². The highest BCUT2D eigenvalue weighted by atomic mass is 35.5. The average molecular weight is 391 g/mol. The fourth-order valence-electron chi connectivity index (χ4n) is 2.36. The molecule has 3 aromatic rings. The predicted molar refractivity (Wildman–Crippen MR) is 102 cm³/mol. The van der Waals surface area contributed by atoms with Gasteiger partial charge in [-0.15, -0.1) is 0 Å². The first-order chi connectivity index (χ1) is 12.6. The number of ether oxygens (including phenoxy) is 1. The summed E-state index contributed by atoms with van der Waals surface area (Å²) in [6.45, 7) is 0.710. The van der Waals surface area contributed by atoms with Crippen LogP contribution in [0.2, 0.25) is 10.4 Å². The number of carbonyl (C=O) groups excluding carboxylic acids is 1. The number of hydrogen-bond acceptors (Lipinski definition) is 4. The molecule has 134 valence electrons. The van der Waals surface area contributed by atoms with Gasteiger partial charge in [0.25, 0.3) is 0 Å². The molecule has 0 saturated heterocycles. The molecule has 26 heavy (non-hydrogen) atoms. The Kier molecular flexibility index (Phi) is 6.09. The standard InChI is InChI=1S/C18H16Cl2N4O2/c19-15-14-13(10-22-16(14)24-17(20)23-15)8-4-5-9-21-18(25)26-11-12-6-2-1-3-7-12/h1-4,6-8,10H,5,9,11H2,(H,21,25)(H,22,23,24). The fraction of sp³-hybridized carbons (Fsp3) is 0.167. The lowest BCUT2D eigenvalue weighted by molar-refractivity contribution is 0.140. The van der Waals surface area contributed by atoms with E-state index in [-0.39, 0.29) is 11.9 Å². The summed E-state index contributed by atoms with van der Waals surface area (Å²) in [6, 6.07) is 9.52. The van der Waals surface area contributed by atoms with Gasteiger partial charge in [-0.1, -0.05) is 54.1 Å². The smallest absolute Gasteiger partial charge is 0.407 e. The maximum absolute atomic E-state index is 11.7. The second kappa shape index (κ2) is 8.69. The number of nitrogens with zero attached hydrogens (tertiary/aromatic N) is 2. The number of fused-ring (bicyclic) bond motifs is 1. The molecule has 0 aliphatic heterocycles. The molecular formula is C18H16Cl2N4O2. The summed E-state index contributed by atoms with van der Waals surface area (Å²) in [4.78, 5) is 22.7. The zero-order chi connectivity index (χ0) is 18.4. The van der Waals surface area contributed by atoms with Crippen LogP contribution >= 0.6 is 23.2 Å². The van der Waals surface area contributed by atoms with Crippen molar-refractivity contribution in [2.24, 2.45) is 0 Å². The number of hydrogen-bond donors (Lipinski definition) is 2. The molecule has 0 bridgehead atoms. The van der Waals surface area contributed by atoms with Crippen molar-refractivity contribution in [2.45, 2.75) is 13.0 Å². The van der Waals surface area contributed by atoms with E-state index in [1.54, 1.807) is 6.20 Å². The van der Waals surface area contributed by atoms with E-state index in [9.17, 15) is 4.79 Å². The summed E-state index contributed by atoms with van der Waals surface area (Å²) in [5, 5.41) is 3.80. The Bertz CT molecular complexity index is 926. The van der Waals surface area contributed by atoms with Crippen LogP contribution < -0.4 is 5.32 Å². The number of aromatic amines is 1. The minimum Gasteiger partial charge on any atom is -0.445 e. The van der Waals surface area contributed by atoms with E-state index in [0.29, 0.717) is 29.2 Å². The molecule has 1 aromatic carbocycles. The number of halogens is 2. The molecule has 0 aliphatic rings. The highest BCUT2D eigenvalue weighted by Crippen LogP contribution is 2.26. The van der Waals surface area contributed by atoms with E-state index in [1.165, 1.54) is 0 Å². The van der Waals surface area contributed by atoms with Gasteiger partial charge in [-0.3, -0.25) is 0 Å². The Balaban J connectivity index is 1.45. The lowest BCUT2D eigenvalue weighted by Crippen LogP contribution is -2.24. The Labute approximate surface area is 160 Å². The van der Waals surface area contributed by atoms with E-state index < -0.39 is 6.09 Å². The summed E-state index contributed by atoms with van der Waals surface area (Å²) >= 11 is 11.9. The summed E-state index contributed by atoms with van der Waals surface area (Å²) in [6.07, 6.45) is 5.78. The van der Waals surface area contributed by atoms with Crippen molar-refractivity contribution in [3.63, 3.8) is 0 Å². The molecule has 0 unspecified atom stereocenters. The minimum atomic E-state index is -0.444. The second-order valence-electron chi connectivity index (χ2n) is 5.43. The van der Waals surface area contributed by atoms with Crippen molar-refractivity contribution in [3.8, 4) is 0 Å². The number of aromatic nitrogens is 3. The van der Waals surface area contributed by atoms with Gasteiger partial charge in [0.05, 0.1) is 5.39 Å². The zero-order valence-electron chi connectivity index (χ0n) is 13.7. The van der Waals surface area contributed by atoms with E-state index in [2.05, 4.69) is 20.3 Å². The minimum absolute atomic E-state index is 0.0955. The quantitative estimate of drug-likeness (QED) is 0.366. The van der Waals surface area contributed by atoms with Crippen LogP contribution in [-0.4, -0.2) is 27.6 Å². The van der Waals surface area contributed by atoms with Crippen LogP contribution in [0.1, 0.15) is 17.5 Å². The molecule has 6 nitrogen and oxygen atoms in total. The molecule has 2 heterocycles. The third-order valence-corrected chi connectivity index (χ3v) is 4.02. The molecule has 3 rings (SSSR count). The van der Waals surface area contributed by atoms with Crippen LogP contribution in [0.15, 0.2) is 42.6 Å². The highest BCUT2D eigenvalue weighted by Gasteiger charge is 2.09. The largest absolute Gasteiger partial charge is 0.445 e. The summed E-state index contributed by atoms with van der Waals surface area (Å²) in [5.74, 6) is 0. The van der Waals surface area contributed by atoms with Crippen LogP contribution in [0.4, 0.5) is 4.79 Å². The number of carbonyl (C=O) groups is 1. The van der Waals surface area contributed by atoms with Gasteiger partial charge in [0, 0.05) is 18.3 Å². The average Bonchev–Trinajstić information content (AvgIpc) is 3.03. The first-order valence-corrected chi connectivity index (χ1v) is 8.70. The Morgan fingerprint density at radius 3 is 2.85 bits per heavy atom. The van der Waals surface area contributed by atoms with Gasteiger partial charge in [0.15, 0.2) is 0 Å². The third-order valence-electron chi connectivity index (χ3n) is 3.58. The Morgan fingerprint density at radius 1 is 1.23 bits per heavy atom. The van der Waals surface area contributed by atoms with E-state index in [4.69, 9.17) is 27.9 Å². The number of benzene rings is 1. The Morgan fingerprint density at radius 2 is 2.04 bits per heavy atom. The van der Waals surface area contributed by atoms with Crippen molar-refractivity contribution < 1.29 is 9.53 Å². The van der Waals surface area contributed by atoms with E-state index in [0.717, 1.165) is 11.1 Å². The first kappa shape index (κ1) is 18.2. The Hall–Kier alpha value is -2.57. The normalized spacial score (nSPS) is 11.2. The predicted octanol–water partition coefficient (Wildman–Crippen LogP) is 4.59. The molecule has 2 N–H and O–H groups in total. The molecule has 0 atom stereocenters. The van der Waals surface area contributed by atoms with Crippen LogP contribution in [0.25, 0.3) is 17.1 Å². The van der Waals surface area contributed by atoms with E-state index in [1.807, 2.05) is 42.5 Å². The monoisotopic (exact) mass is 390 g/mol. The van der Waals surface area contributed by atoms with Gasteiger partial charge < -0.3 is 15.0 Å². The highest BCUT2D eigenvalue weighted by molar-refractivity contribution is 6.36. The molecule has 0 radical (unpaired) electrons. The maximum atomic E-state index is 11.7. The van der Waals surface area contributed by atoms with Crippen molar-refractivity contribution in [3.05, 3.63) is 64.2 Å². The van der Waals surface area contributed by atoms with Crippen LogP contribution in [0.3, 0.4) is 0 Å². The molecular weight excluding hydrogens is 375 g/mol. The third kappa shape index (κ3) is 4.74. The van der Waals surface area contributed by atoms with Gasteiger partial charge in [0.2, 0.25) is 5.28 Å². The molecule has 2 aromatic heterocycles. The second-order valence-corrected chi connectivity index (χ2v) is 6.13. The molecule has 0 spiro atoms. The summed E-state index contributed by atoms with van der Waals surface area (Å²) < 4.78 is 5.14. The number of amides is 1.